The number of esters is 1. The van der Waals surface area contributed by atoms with Gasteiger partial charge in [-0.15, -0.1) is 0 Å². The third-order valence-electron chi connectivity index (χ3n) is 5.96. The molecule has 1 N–H and O–H groups in total. The van der Waals surface area contributed by atoms with Crippen molar-refractivity contribution >= 4 is 27.0 Å². The fourth-order valence-electron chi connectivity index (χ4n) is 3.91. The molecule has 1 atom stereocenters. The van der Waals surface area contributed by atoms with Gasteiger partial charge in [-0.1, -0.05) is 54.6 Å². The largest absolute Gasteiger partial charge is 0.468 e. The summed E-state index contributed by atoms with van der Waals surface area (Å²) >= 11 is 0. The Bertz CT molecular complexity index is 1330. The van der Waals surface area contributed by atoms with Crippen LogP contribution in [-0.4, -0.2) is 46.8 Å². The fourth-order valence-corrected chi connectivity index (χ4v) is 4.92. The summed E-state index contributed by atoms with van der Waals surface area (Å²) in [6, 6.07) is 23.6. The van der Waals surface area contributed by atoms with Gasteiger partial charge in [0.05, 0.1) is 10.5 Å². The number of rotatable bonds is 11. The van der Waals surface area contributed by atoms with E-state index in [4.69, 9.17) is 14.2 Å². The van der Waals surface area contributed by atoms with Gasteiger partial charge in [0.2, 0.25) is 9.84 Å². The number of hydrogen-bond donors (Lipinski definition) is 1. The van der Waals surface area contributed by atoms with Gasteiger partial charge in [-0.05, 0) is 61.3 Å². The van der Waals surface area contributed by atoms with Gasteiger partial charge in [0, 0.05) is 11.6 Å². The van der Waals surface area contributed by atoms with Crippen molar-refractivity contribution in [2.24, 2.45) is 0 Å². The second kappa shape index (κ2) is 11.5. The molecule has 0 aromatic heterocycles. The number of benzene rings is 3. The summed E-state index contributed by atoms with van der Waals surface area (Å²) < 4.78 is 41.9. The minimum Gasteiger partial charge on any atom is -0.468 e. The molecular weight excluding hydrogens is 478 g/mol. The van der Waals surface area contributed by atoms with Crippen molar-refractivity contribution in [2.45, 2.75) is 24.3 Å². The first-order chi connectivity index (χ1) is 17.4. The van der Waals surface area contributed by atoms with Gasteiger partial charge in [0.25, 0.3) is 0 Å². The summed E-state index contributed by atoms with van der Waals surface area (Å²) in [6.07, 6.45) is 0.897. The zero-order valence-electron chi connectivity index (χ0n) is 20.3. The quantitative estimate of drug-likeness (QED) is 0.237. The number of cyclic esters (lactones) is 1. The molecule has 0 radical (unpaired) electrons. The highest BCUT2D eigenvalue weighted by Crippen LogP contribution is 2.33. The van der Waals surface area contributed by atoms with Crippen molar-refractivity contribution in [3.8, 4) is 5.75 Å². The topological polar surface area (TPSA) is 90.9 Å². The molecule has 8 heteroatoms. The average Bonchev–Trinajstić information content (AvgIpc) is 3.29. The number of likely N-dealkylation sites (N-methyl/N-ethyl adjacent to an activating group) is 1. The predicted molar refractivity (Wildman–Crippen MR) is 138 cm³/mol. The second-order valence-electron chi connectivity index (χ2n) is 8.56. The molecule has 0 saturated heterocycles. The minimum atomic E-state index is -3.74. The molecule has 3 aromatic rings. The monoisotopic (exact) mass is 507 g/mol. The van der Waals surface area contributed by atoms with E-state index in [0.717, 1.165) is 12.0 Å². The number of nitrogens with one attached hydrogen (secondary N) is 1. The van der Waals surface area contributed by atoms with Crippen LogP contribution in [0.4, 0.5) is 0 Å². The Morgan fingerprint density at radius 2 is 1.69 bits per heavy atom. The maximum absolute atomic E-state index is 12.9. The summed E-state index contributed by atoms with van der Waals surface area (Å²) in [5, 5.41) is 3.20. The van der Waals surface area contributed by atoms with E-state index in [9.17, 15) is 13.2 Å². The fraction of sp³-hybridized carbons (Fsp3) is 0.250. The molecule has 0 aliphatic carbocycles. The Balaban J connectivity index is 1.40. The number of carbonyl (C=O) groups excluding carboxylic acids is 1. The standard InChI is InChI=1S/C28H29NO6S/c1-20(29-2)15-21-11-13-24(14-12-21)35-18-33-19-36(31,32)25-10-6-9-23(16-25)26-17-34-28(30)27(26)22-7-4-3-5-8-22/h3-14,16,20,29H,15,17-19H2,1-2H3. The van der Waals surface area contributed by atoms with Crippen molar-refractivity contribution in [1.29, 1.82) is 0 Å². The van der Waals surface area contributed by atoms with Gasteiger partial charge in [0.1, 0.15) is 12.4 Å². The van der Waals surface area contributed by atoms with E-state index >= 15 is 0 Å². The van der Waals surface area contributed by atoms with Crippen LogP contribution in [0.5, 0.6) is 5.75 Å². The van der Waals surface area contributed by atoms with Crippen LogP contribution >= 0.6 is 0 Å². The predicted octanol–water partition coefficient (Wildman–Crippen LogP) is 4.09. The molecule has 188 valence electrons. The van der Waals surface area contributed by atoms with Gasteiger partial charge in [-0.2, -0.15) is 0 Å². The lowest BCUT2D eigenvalue weighted by Gasteiger charge is -2.12. The van der Waals surface area contributed by atoms with E-state index in [2.05, 4.69) is 12.2 Å². The summed E-state index contributed by atoms with van der Waals surface area (Å²) in [7, 11) is -1.82. The zero-order valence-corrected chi connectivity index (χ0v) is 21.1. The van der Waals surface area contributed by atoms with E-state index in [-0.39, 0.29) is 18.3 Å². The number of ether oxygens (including phenoxy) is 3. The molecule has 0 bridgehead atoms. The van der Waals surface area contributed by atoms with Crippen LogP contribution in [0.1, 0.15) is 23.6 Å². The highest BCUT2D eigenvalue weighted by molar-refractivity contribution is 7.91. The SMILES string of the molecule is CNC(C)Cc1ccc(OCOCS(=O)(=O)c2cccc(C3=C(c4ccccc4)C(=O)OC3)c2)cc1. The van der Waals surface area contributed by atoms with Crippen LogP contribution < -0.4 is 10.1 Å². The molecule has 0 fully saturated rings. The van der Waals surface area contributed by atoms with E-state index in [1.807, 2.05) is 61.6 Å². The van der Waals surface area contributed by atoms with Crippen molar-refractivity contribution < 1.29 is 27.4 Å². The van der Waals surface area contributed by atoms with E-state index in [1.54, 1.807) is 18.2 Å². The zero-order chi connectivity index (χ0) is 25.5. The molecule has 0 spiro atoms. The van der Waals surface area contributed by atoms with E-state index in [1.165, 1.54) is 11.6 Å². The normalized spacial score (nSPS) is 14.6. The van der Waals surface area contributed by atoms with Crippen LogP contribution in [0.3, 0.4) is 0 Å². The lowest BCUT2D eigenvalue weighted by Crippen LogP contribution is -2.23. The summed E-state index contributed by atoms with van der Waals surface area (Å²) in [6.45, 7) is 2.00. The number of carbonyl (C=O) groups is 1. The summed E-state index contributed by atoms with van der Waals surface area (Å²) in [4.78, 5) is 12.5. The highest BCUT2D eigenvalue weighted by atomic mass is 32.2. The Hall–Kier alpha value is -3.46. The van der Waals surface area contributed by atoms with Crippen LogP contribution in [-0.2, 0) is 30.5 Å². The average molecular weight is 508 g/mol. The van der Waals surface area contributed by atoms with Crippen molar-refractivity contribution in [3.05, 3.63) is 95.6 Å². The van der Waals surface area contributed by atoms with Crippen molar-refractivity contribution in [3.63, 3.8) is 0 Å². The Labute approximate surface area is 211 Å². The van der Waals surface area contributed by atoms with Crippen LogP contribution in [0.25, 0.3) is 11.1 Å². The summed E-state index contributed by atoms with van der Waals surface area (Å²) in [5.74, 6) is -0.357. The maximum atomic E-state index is 12.9. The summed E-state index contributed by atoms with van der Waals surface area (Å²) in [5.41, 5.74) is 3.62. The van der Waals surface area contributed by atoms with Gasteiger partial charge < -0.3 is 19.5 Å². The molecule has 0 saturated carbocycles. The smallest absolute Gasteiger partial charge is 0.339 e. The highest BCUT2D eigenvalue weighted by Gasteiger charge is 2.28. The molecular formula is C28H29NO6S. The molecule has 1 unspecified atom stereocenters. The molecule has 1 aliphatic heterocycles. The lowest BCUT2D eigenvalue weighted by molar-refractivity contribution is -0.133. The third-order valence-corrected chi connectivity index (χ3v) is 7.41. The van der Waals surface area contributed by atoms with Crippen molar-refractivity contribution in [1.82, 2.24) is 5.32 Å². The molecule has 1 aliphatic rings. The van der Waals surface area contributed by atoms with Crippen LogP contribution in [0.15, 0.2) is 83.8 Å². The molecule has 3 aromatic carbocycles. The van der Waals surface area contributed by atoms with Gasteiger partial charge in [-0.25, -0.2) is 13.2 Å². The molecule has 4 rings (SSSR count). The Morgan fingerprint density at radius 1 is 0.972 bits per heavy atom. The minimum absolute atomic E-state index is 0.0869. The van der Waals surface area contributed by atoms with Gasteiger partial charge in [-0.3, -0.25) is 0 Å². The van der Waals surface area contributed by atoms with Crippen LogP contribution in [0.2, 0.25) is 0 Å². The number of hydrogen-bond acceptors (Lipinski definition) is 7. The molecule has 0 amide bonds. The third kappa shape index (κ3) is 6.20. The first kappa shape index (κ1) is 25.6. The first-order valence-corrected chi connectivity index (χ1v) is 13.3. The Morgan fingerprint density at radius 3 is 2.42 bits per heavy atom. The van der Waals surface area contributed by atoms with Gasteiger partial charge in [0.15, 0.2) is 12.7 Å². The molecule has 36 heavy (non-hydrogen) atoms. The molecule has 1 heterocycles. The van der Waals surface area contributed by atoms with E-state index in [0.29, 0.717) is 28.5 Å². The Kier molecular flexibility index (Phi) is 8.20. The first-order valence-electron chi connectivity index (χ1n) is 11.6. The van der Waals surface area contributed by atoms with Crippen LogP contribution in [0, 0.1) is 0 Å². The maximum Gasteiger partial charge on any atom is 0.339 e. The second-order valence-corrected chi connectivity index (χ2v) is 10.5. The van der Waals surface area contributed by atoms with E-state index < -0.39 is 21.7 Å². The molecule has 7 nitrogen and oxygen atoms in total. The lowest BCUT2D eigenvalue weighted by atomic mass is 9.97. The number of sulfone groups is 1. The van der Waals surface area contributed by atoms with Crippen molar-refractivity contribution in [2.75, 3.05) is 26.4 Å². The van der Waals surface area contributed by atoms with Gasteiger partial charge >= 0.3 is 5.97 Å².